The number of aromatic nitrogens is 2. The van der Waals surface area contributed by atoms with Gasteiger partial charge in [-0.25, -0.2) is 4.68 Å². The lowest BCUT2D eigenvalue weighted by Crippen LogP contribution is -2.24. The molecule has 1 amide bonds. The standard InChI is InChI=1S/C21H19N3O/c1-2-20-19(16-23-24(20)18-13-7-4-8-14-18)21(25)22-15-9-12-17-10-5-3-6-11-17/h3-8,10-11,13-14,16H,2,15H2,1H3,(H,22,25). The van der Waals surface area contributed by atoms with Crippen LogP contribution in [0, 0.1) is 11.8 Å². The minimum absolute atomic E-state index is 0.151. The smallest absolute Gasteiger partial charge is 0.255 e. The van der Waals surface area contributed by atoms with Crippen LogP contribution < -0.4 is 5.32 Å². The molecule has 1 N–H and O–H groups in total. The number of nitrogens with one attached hydrogen (secondary N) is 1. The van der Waals surface area contributed by atoms with Crippen molar-refractivity contribution in [1.82, 2.24) is 15.1 Å². The molecule has 0 fully saturated rings. The molecule has 3 rings (SSSR count). The van der Waals surface area contributed by atoms with Gasteiger partial charge in [0.25, 0.3) is 5.91 Å². The fourth-order valence-electron chi connectivity index (χ4n) is 2.58. The number of nitrogens with zero attached hydrogens (tertiary/aromatic N) is 2. The molecule has 0 unspecified atom stereocenters. The fourth-order valence-corrected chi connectivity index (χ4v) is 2.58. The van der Waals surface area contributed by atoms with Crippen LogP contribution in [0.5, 0.6) is 0 Å². The van der Waals surface area contributed by atoms with E-state index in [1.807, 2.05) is 72.3 Å². The van der Waals surface area contributed by atoms with E-state index in [0.29, 0.717) is 18.5 Å². The van der Waals surface area contributed by atoms with Crippen LogP contribution in [0.4, 0.5) is 0 Å². The highest BCUT2D eigenvalue weighted by Gasteiger charge is 2.16. The van der Waals surface area contributed by atoms with Gasteiger partial charge in [0.15, 0.2) is 0 Å². The van der Waals surface area contributed by atoms with E-state index in [4.69, 9.17) is 0 Å². The summed E-state index contributed by atoms with van der Waals surface area (Å²) in [4.78, 5) is 12.4. The summed E-state index contributed by atoms with van der Waals surface area (Å²) in [6, 6.07) is 19.5. The van der Waals surface area contributed by atoms with E-state index in [9.17, 15) is 4.79 Å². The number of hydrogen-bond acceptors (Lipinski definition) is 2. The van der Waals surface area contributed by atoms with Crippen molar-refractivity contribution < 1.29 is 4.79 Å². The van der Waals surface area contributed by atoms with Crippen LogP contribution in [0.1, 0.15) is 28.5 Å². The van der Waals surface area contributed by atoms with Gasteiger partial charge < -0.3 is 5.32 Å². The quantitative estimate of drug-likeness (QED) is 0.747. The van der Waals surface area contributed by atoms with Crippen molar-refractivity contribution in [2.45, 2.75) is 13.3 Å². The zero-order valence-electron chi connectivity index (χ0n) is 14.1. The van der Waals surface area contributed by atoms with Gasteiger partial charge >= 0.3 is 0 Å². The summed E-state index contributed by atoms with van der Waals surface area (Å²) in [5, 5.41) is 7.22. The molecule has 0 aliphatic carbocycles. The summed E-state index contributed by atoms with van der Waals surface area (Å²) in [6.45, 7) is 2.32. The lowest BCUT2D eigenvalue weighted by molar-refractivity contribution is 0.0957. The second kappa shape index (κ2) is 7.98. The predicted octanol–water partition coefficient (Wildman–Crippen LogP) is 3.22. The van der Waals surface area contributed by atoms with E-state index >= 15 is 0 Å². The summed E-state index contributed by atoms with van der Waals surface area (Å²) in [5.74, 6) is 5.84. The van der Waals surface area contributed by atoms with Gasteiger partial charge in [0.2, 0.25) is 0 Å². The number of benzene rings is 2. The first-order valence-corrected chi connectivity index (χ1v) is 8.24. The normalized spacial score (nSPS) is 9.96. The molecule has 1 heterocycles. The van der Waals surface area contributed by atoms with Crippen LogP contribution in [-0.4, -0.2) is 22.2 Å². The van der Waals surface area contributed by atoms with E-state index in [2.05, 4.69) is 22.3 Å². The molecule has 4 heteroatoms. The Bertz CT molecular complexity index is 903. The maximum atomic E-state index is 12.4. The molecule has 0 aliphatic rings. The number of para-hydroxylation sites is 1. The molecule has 124 valence electrons. The molecule has 4 nitrogen and oxygen atoms in total. The number of rotatable bonds is 4. The summed E-state index contributed by atoms with van der Waals surface area (Å²) < 4.78 is 1.81. The van der Waals surface area contributed by atoms with Crippen molar-refractivity contribution in [3.63, 3.8) is 0 Å². The minimum atomic E-state index is -0.151. The van der Waals surface area contributed by atoms with Crippen LogP contribution in [-0.2, 0) is 6.42 Å². The van der Waals surface area contributed by atoms with Gasteiger partial charge in [0.05, 0.1) is 29.7 Å². The number of carbonyl (C=O) groups excluding carboxylic acids is 1. The summed E-state index contributed by atoms with van der Waals surface area (Å²) in [5.41, 5.74) is 3.36. The lowest BCUT2D eigenvalue weighted by atomic mass is 10.2. The second-order valence-electron chi connectivity index (χ2n) is 5.46. The van der Waals surface area contributed by atoms with Crippen molar-refractivity contribution in [3.8, 4) is 17.5 Å². The topological polar surface area (TPSA) is 46.9 Å². The zero-order valence-corrected chi connectivity index (χ0v) is 14.1. The third-order valence-corrected chi connectivity index (χ3v) is 3.79. The van der Waals surface area contributed by atoms with Crippen LogP contribution in [0.15, 0.2) is 66.9 Å². The van der Waals surface area contributed by atoms with Gasteiger partial charge in [-0.1, -0.05) is 55.2 Å². The van der Waals surface area contributed by atoms with E-state index in [-0.39, 0.29) is 5.91 Å². The zero-order chi connectivity index (χ0) is 17.5. The molecule has 2 aromatic carbocycles. The van der Waals surface area contributed by atoms with E-state index in [1.165, 1.54) is 0 Å². The highest BCUT2D eigenvalue weighted by molar-refractivity contribution is 5.95. The molecule has 0 spiro atoms. The predicted molar refractivity (Wildman–Crippen MR) is 98.6 cm³/mol. The molecule has 1 aromatic heterocycles. The fraction of sp³-hybridized carbons (Fsp3) is 0.143. The molecular weight excluding hydrogens is 310 g/mol. The van der Waals surface area contributed by atoms with Crippen LogP contribution in [0.2, 0.25) is 0 Å². The van der Waals surface area contributed by atoms with Crippen LogP contribution in [0.25, 0.3) is 5.69 Å². The Morgan fingerprint density at radius 3 is 2.44 bits per heavy atom. The van der Waals surface area contributed by atoms with Gasteiger partial charge in [0.1, 0.15) is 0 Å². The summed E-state index contributed by atoms with van der Waals surface area (Å²) in [7, 11) is 0. The number of amides is 1. The second-order valence-corrected chi connectivity index (χ2v) is 5.46. The van der Waals surface area contributed by atoms with E-state index < -0.39 is 0 Å². The first-order valence-electron chi connectivity index (χ1n) is 8.24. The third-order valence-electron chi connectivity index (χ3n) is 3.79. The largest absolute Gasteiger partial charge is 0.341 e. The Labute approximate surface area is 147 Å². The molecule has 0 atom stereocenters. The maximum absolute atomic E-state index is 12.4. The highest BCUT2D eigenvalue weighted by atomic mass is 16.1. The lowest BCUT2D eigenvalue weighted by Gasteiger charge is -2.07. The highest BCUT2D eigenvalue weighted by Crippen LogP contribution is 2.15. The van der Waals surface area contributed by atoms with Crippen LogP contribution in [0.3, 0.4) is 0 Å². The molecule has 0 bridgehead atoms. The Kier molecular flexibility index (Phi) is 5.28. The molecular formula is C21H19N3O. The third kappa shape index (κ3) is 3.96. The molecule has 3 aromatic rings. The van der Waals surface area contributed by atoms with Crippen molar-refractivity contribution in [2.75, 3.05) is 6.54 Å². The molecule has 0 saturated heterocycles. The molecule has 0 aliphatic heterocycles. The monoisotopic (exact) mass is 329 g/mol. The Morgan fingerprint density at radius 2 is 1.76 bits per heavy atom. The first kappa shape index (κ1) is 16.5. The van der Waals surface area contributed by atoms with Crippen molar-refractivity contribution >= 4 is 5.91 Å². The summed E-state index contributed by atoms with van der Waals surface area (Å²) in [6.07, 6.45) is 2.33. The molecule has 25 heavy (non-hydrogen) atoms. The average molecular weight is 329 g/mol. The van der Waals surface area contributed by atoms with Crippen LogP contribution >= 0.6 is 0 Å². The number of carbonyl (C=O) groups is 1. The van der Waals surface area contributed by atoms with E-state index in [0.717, 1.165) is 16.9 Å². The van der Waals surface area contributed by atoms with E-state index in [1.54, 1.807) is 6.20 Å². The molecule has 0 radical (unpaired) electrons. The number of hydrogen-bond donors (Lipinski definition) is 1. The molecule has 0 saturated carbocycles. The van der Waals surface area contributed by atoms with Gasteiger partial charge in [-0.15, -0.1) is 0 Å². The van der Waals surface area contributed by atoms with Gasteiger partial charge in [-0.2, -0.15) is 5.10 Å². The van der Waals surface area contributed by atoms with Gasteiger partial charge in [-0.05, 0) is 30.7 Å². The van der Waals surface area contributed by atoms with Gasteiger partial charge in [0, 0.05) is 5.56 Å². The average Bonchev–Trinajstić information content (AvgIpc) is 3.11. The van der Waals surface area contributed by atoms with Crippen molar-refractivity contribution in [1.29, 1.82) is 0 Å². The van der Waals surface area contributed by atoms with Gasteiger partial charge in [-0.3, -0.25) is 4.79 Å². The Hall–Kier alpha value is -3.32. The Balaban J connectivity index is 1.71. The maximum Gasteiger partial charge on any atom is 0.255 e. The van der Waals surface area contributed by atoms with Crippen molar-refractivity contribution in [2.24, 2.45) is 0 Å². The summed E-state index contributed by atoms with van der Waals surface area (Å²) >= 11 is 0. The first-order chi connectivity index (χ1) is 12.3. The minimum Gasteiger partial charge on any atom is -0.341 e. The Morgan fingerprint density at radius 1 is 1.08 bits per heavy atom. The SMILES string of the molecule is CCc1c(C(=O)NCC#Cc2ccccc2)cnn1-c1ccccc1. The van der Waals surface area contributed by atoms with Crippen molar-refractivity contribution in [3.05, 3.63) is 83.7 Å².